The van der Waals surface area contributed by atoms with Crippen LogP contribution in [0.5, 0.6) is 0 Å². The third-order valence-electron chi connectivity index (χ3n) is 10.6. The largest absolute Gasteiger partial charge is 0.289 e. The van der Waals surface area contributed by atoms with E-state index in [1.807, 2.05) is 146 Å². The standard InChI is InChI=1S/C49H27NO4/c51-46-37-25-32-26-39-45(49(54)44-36(31-19-11-4-12-20-31)24-23-35(43(44)48(39)53)30-17-9-3-10-18-30)50-40(32)27-38(37)47(52)42-34(29-15-7-2-8-16-29)22-21-33(41(42)46)28-13-5-1-6-14-28/h1-27H. The van der Waals surface area contributed by atoms with E-state index in [0.717, 1.165) is 22.3 Å². The first-order valence-corrected chi connectivity index (χ1v) is 17.7. The number of hydrogen-bond donors (Lipinski definition) is 0. The zero-order valence-electron chi connectivity index (χ0n) is 28.7. The van der Waals surface area contributed by atoms with E-state index in [9.17, 15) is 19.2 Å². The maximum Gasteiger partial charge on any atom is 0.213 e. The third kappa shape index (κ3) is 4.69. The smallest absolute Gasteiger partial charge is 0.213 e. The predicted molar refractivity (Wildman–Crippen MR) is 221 cm³/mol. The van der Waals surface area contributed by atoms with Crippen LogP contribution in [0.15, 0.2) is 183 Å². The van der Waals surface area contributed by atoms with Crippen LogP contribution in [0.3, 0.4) is 0 Å². The lowest BCUT2D eigenvalue weighted by Gasteiger charge is -2.14. The second kappa shape index (κ2) is 12.1. The highest BCUT2D eigenvalue weighted by atomic mass is 16.1. The molecular weight excluding hydrogens is 667 g/mol. The van der Waals surface area contributed by atoms with Crippen molar-refractivity contribution >= 4 is 54.1 Å². The molecule has 0 saturated carbocycles. The fourth-order valence-corrected chi connectivity index (χ4v) is 8.05. The summed E-state index contributed by atoms with van der Waals surface area (Å²) < 4.78 is 0. The molecule has 0 fully saturated rings. The lowest BCUT2D eigenvalue weighted by molar-refractivity contribution is 1.47. The van der Waals surface area contributed by atoms with Crippen LogP contribution in [-0.2, 0) is 0 Å². The maximum atomic E-state index is 14.7. The Balaban J connectivity index is 1.33. The van der Waals surface area contributed by atoms with Gasteiger partial charge in [-0.25, -0.2) is 4.98 Å². The molecule has 0 aliphatic heterocycles. The average molecular weight is 694 g/mol. The topological polar surface area (TPSA) is 81.2 Å². The highest BCUT2D eigenvalue weighted by molar-refractivity contribution is 6.14. The lowest BCUT2D eigenvalue weighted by atomic mass is 9.89. The molecule has 0 amide bonds. The van der Waals surface area contributed by atoms with Crippen LogP contribution in [0.25, 0.3) is 98.6 Å². The Morgan fingerprint density at radius 1 is 0.315 bits per heavy atom. The quantitative estimate of drug-likeness (QED) is 0.172. The number of fused-ring (bicyclic) bond motifs is 5. The van der Waals surface area contributed by atoms with Gasteiger partial charge in [0.15, 0.2) is 16.3 Å². The fraction of sp³-hybridized carbons (Fsp3) is 0. The van der Waals surface area contributed by atoms with E-state index >= 15 is 0 Å². The molecule has 0 saturated heterocycles. The van der Waals surface area contributed by atoms with Crippen LogP contribution in [-0.4, -0.2) is 4.98 Å². The molecule has 10 rings (SSSR count). The van der Waals surface area contributed by atoms with E-state index in [1.165, 1.54) is 0 Å². The average Bonchev–Trinajstić information content (AvgIpc) is 3.24. The molecule has 5 nitrogen and oxygen atoms in total. The molecule has 54 heavy (non-hydrogen) atoms. The number of rotatable bonds is 4. The maximum absolute atomic E-state index is 14.7. The van der Waals surface area contributed by atoms with Gasteiger partial charge in [0.1, 0.15) is 5.52 Å². The molecule has 0 unspecified atom stereocenters. The highest BCUT2D eigenvalue weighted by Gasteiger charge is 2.23. The molecule has 252 valence electrons. The molecule has 0 atom stereocenters. The Kier molecular flexibility index (Phi) is 7.04. The van der Waals surface area contributed by atoms with E-state index in [0.29, 0.717) is 54.7 Å². The summed E-state index contributed by atoms with van der Waals surface area (Å²) in [6.07, 6.45) is 0. The summed E-state index contributed by atoms with van der Waals surface area (Å²) in [5.41, 5.74) is 4.96. The van der Waals surface area contributed by atoms with Gasteiger partial charge >= 0.3 is 0 Å². The molecular formula is C49H27NO4. The zero-order valence-corrected chi connectivity index (χ0v) is 28.7. The van der Waals surface area contributed by atoms with Crippen molar-refractivity contribution in [2.75, 3.05) is 0 Å². The summed E-state index contributed by atoms with van der Waals surface area (Å²) in [5, 5.41) is 2.38. The van der Waals surface area contributed by atoms with E-state index < -0.39 is 0 Å². The minimum Gasteiger partial charge on any atom is -0.289 e. The number of nitrogens with zero attached hydrogens (tertiary/aromatic N) is 1. The van der Waals surface area contributed by atoms with E-state index in [1.54, 1.807) is 18.2 Å². The summed E-state index contributed by atoms with van der Waals surface area (Å²) in [7, 11) is 0. The normalized spacial score (nSPS) is 11.6. The second-order valence-electron chi connectivity index (χ2n) is 13.6. The van der Waals surface area contributed by atoms with Gasteiger partial charge in [0.2, 0.25) is 5.43 Å². The van der Waals surface area contributed by atoms with Crippen molar-refractivity contribution in [1.82, 2.24) is 4.98 Å². The second-order valence-corrected chi connectivity index (χ2v) is 13.6. The number of hydrogen-bond acceptors (Lipinski definition) is 5. The van der Waals surface area contributed by atoms with E-state index in [4.69, 9.17) is 4.98 Å². The first kappa shape index (κ1) is 31.4. The Morgan fingerprint density at radius 2 is 0.630 bits per heavy atom. The SMILES string of the molecule is O=c1c2cc3cc4c(=O)c5c(-c6ccccc6)ccc(-c6ccccc6)c5c(=O)c4nc3cc2c(=O)c2c(-c3ccccc3)ccc(-c3ccccc3)c12. The van der Waals surface area contributed by atoms with Crippen LogP contribution < -0.4 is 21.7 Å². The van der Waals surface area contributed by atoms with Crippen molar-refractivity contribution in [2.24, 2.45) is 0 Å². The molecule has 1 aromatic heterocycles. The van der Waals surface area contributed by atoms with Gasteiger partial charge in [-0.1, -0.05) is 146 Å². The summed E-state index contributed by atoms with van der Waals surface area (Å²) in [6.45, 7) is 0. The molecule has 0 radical (unpaired) electrons. The summed E-state index contributed by atoms with van der Waals surface area (Å²) in [6, 6.07) is 50.7. The third-order valence-corrected chi connectivity index (χ3v) is 10.6. The van der Waals surface area contributed by atoms with E-state index in [2.05, 4.69) is 0 Å². The number of benzene rings is 9. The first-order chi connectivity index (χ1) is 26.5. The van der Waals surface area contributed by atoms with Crippen molar-refractivity contribution in [3.63, 3.8) is 0 Å². The molecule has 5 heteroatoms. The molecule has 0 N–H and O–H groups in total. The molecule has 0 aliphatic carbocycles. The predicted octanol–water partition coefficient (Wildman–Crippen LogP) is 9.83. The minimum atomic E-state index is -0.373. The van der Waals surface area contributed by atoms with Gasteiger partial charge in [-0.3, -0.25) is 19.2 Å². The van der Waals surface area contributed by atoms with Crippen molar-refractivity contribution in [3.05, 3.63) is 205 Å². The van der Waals surface area contributed by atoms with E-state index in [-0.39, 0.29) is 43.4 Å². The molecule has 0 bridgehead atoms. The zero-order chi connectivity index (χ0) is 36.5. The van der Waals surface area contributed by atoms with Gasteiger partial charge in [0.05, 0.1) is 10.9 Å². The van der Waals surface area contributed by atoms with Crippen LogP contribution in [0, 0.1) is 0 Å². The Morgan fingerprint density at radius 3 is 1.02 bits per heavy atom. The van der Waals surface area contributed by atoms with Crippen molar-refractivity contribution in [3.8, 4) is 44.5 Å². The number of pyridine rings is 1. The van der Waals surface area contributed by atoms with Gasteiger partial charge in [-0.15, -0.1) is 0 Å². The highest BCUT2D eigenvalue weighted by Crippen LogP contribution is 2.36. The van der Waals surface area contributed by atoms with Crippen LogP contribution in [0.2, 0.25) is 0 Å². The van der Waals surface area contributed by atoms with Crippen LogP contribution in [0.1, 0.15) is 0 Å². The monoisotopic (exact) mass is 693 g/mol. The molecule has 0 spiro atoms. The van der Waals surface area contributed by atoms with Crippen LogP contribution in [0.4, 0.5) is 0 Å². The molecule has 0 aliphatic rings. The van der Waals surface area contributed by atoms with Crippen molar-refractivity contribution in [1.29, 1.82) is 0 Å². The van der Waals surface area contributed by atoms with Gasteiger partial charge in [-0.2, -0.15) is 0 Å². The first-order valence-electron chi connectivity index (χ1n) is 17.7. The molecule has 10 aromatic rings. The van der Waals surface area contributed by atoms with Crippen molar-refractivity contribution < 1.29 is 0 Å². The fourth-order valence-electron chi connectivity index (χ4n) is 8.05. The molecule has 1 heterocycles. The Bertz CT molecular complexity index is 2920. The Hall–Kier alpha value is -7.37. The van der Waals surface area contributed by atoms with Gasteiger partial charge in [0.25, 0.3) is 0 Å². The number of aromatic nitrogens is 1. The minimum absolute atomic E-state index is 0.0219. The van der Waals surface area contributed by atoms with Gasteiger partial charge < -0.3 is 0 Å². The summed E-state index contributed by atoms with van der Waals surface area (Å²) in [5.74, 6) is 0. The lowest BCUT2D eigenvalue weighted by Crippen LogP contribution is -2.17. The molecule has 9 aromatic carbocycles. The van der Waals surface area contributed by atoms with Gasteiger partial charge in [0, 0.05) is 37.7 Å². The summed E-state index contributed by atoms with van der Waals surface area (Å²) >= 11 is 0. The summed E-state index contributed by atoms with van der Waals surface area (Å²) in [4.78, 5) is 63.6. The van der Waals surface area contributed by atoms with Gasteiger partial charge in [-0.05, 0) is 62.7 Å². The Labute approximate surface area is 307 Å². The van der Waals surface area contributed by atoms with Crippen LogP contribution >= 0.6 is 0 Å². The van der Waals surface area contributed by atoms with Crippen molar-refractivity contribution in [2.45, 2.75) is 0 Å².